The van der Waals surface area contributed by atoms with Gasteiger partial charge in [0.2, 0.25) is 0 Å². The summed E-state index contributed by atoms with van der Waals surface area (Å²) in [6, 6.07) is 5.66. The summed E-state index contributed by atoms with van der Waals surface area (Å²) < 4.78 is 9.93. The summed E-state index contributed by atoms with van der Waals surface area (Å²) in [5.74, 6) is 6.25. The number of aryl methyl sites for hydroxylation is 1. The summed E-state index contributed by atoms with van der Waals surface area (Å²) in [6.07, 6.45) is 0.124. The molecule has 0 fully saturated rings. The molecule has 0 aromatic heterocycles. The zero-order valence-corrected chi connectivity index (χ0v) is 10.4. The van der Waals surface area contributed by atoms with Gasteiger partial charge >= 0.3 is 5.97 Å². The van der Waals surface area contributed by atoms with Crippen molar-refractivity contribution in [2.75, 3.05) is 13.7 Å². The van der Waals surface area contributed by atoms with Crippen LogP contribution in [0.5, 0.6) is 5.75 Å². The maximum Gasteiger partial charge on any atom is 0.317 e. The Balaban J connectivity index is 2.66. The first-order valence-corrected chi connectivity index (χ1v) is 5.46. The molecular formula is C14H16O3. The van der Waals surface area contributed by atoms with Crippen molar-refractivity contribution in [2.45, 2.75) is 20.3 Å². The lowest BCUT2D eigenvalue weighted by atomic mass is 10.1. The number of benzene rings is 1. The van der Waals surface area contributed by atoms with Crippen LogP contribution >= 0.6 is 0 Å². The normalized spacial score (nSPS) is 9.12. The number of hydrogen-bond donors (Lipinski definition) is 0. The van der Waals surface area contributed by atoms with Gasteiger partial charge < -0.3 is 9.47 Å². The lowest BCUT2D eigenvalue weighted by Gasteiger charge is -2.03. The van der Waals surface area contributed by atoms with Crippen LogP contribution in [0.4, 0.5) is 0 Å². The molecule has 0 aliphatic heterocycles. The Morgan fingerprint density at radius 2 is 2.18 bits per heavy atom. The third-order valence-electron chi connectivity index (χ3n) is 2.17. The van der Waals surface area contributed by atoms with Gasteiger partial charge in [0.05, 0.1) is 13.7 Å². The number of ether oxygens (including phenoxy) is 2. The van der Waals surface area contributed by atoms with E-state index in [1.54, 1.807) is 14.0 Å². The van der Waals surface area contributed by atoms with Crippen molar-refractivity contribution in [3.05, 3.63) is 29.3 Å². The molecule has 90 valence electrons. The summed E-state index contributed by atoms with van der Waals surface area (Å²) in [5.41, 5.74) is 1.89. The largest absolute Gasteiger partial charge is 0.496 e. The van der Waals surface area contributed by atoms with Crippen LogP contribution in [-0.4, -0.2) is 19.7 Å². The molecule has 0 bridgehead atoms. The maximum atomic E-state index is 11.1. The highest BCUT2D eigenvalue weighted by Crippen LogP contribution is 2.17. The third kappa shape index (κ3) is 4.20. The van der Waals surface area contributed by atoms with Crippen molar-refractivity contribution in [2.24, 2.45) is 0 Å². The van der Waals surface area contributed by atoms with Gasteiger partial charge in [-0.25, -0.2) is 0 Å². The van der Waals surface area contributed by atoms with E-state index in [1.165, 1.54) is 0 Å². The fourth-order valence-corrected chi connectivity index (χ4v) is 1.39. The van der Waals surface area contributed by atoms with Gasteiger partial charge in [-0.2, -0.15) is 0 Å². The Labute approximate surface area is 102 Å². The molecule has 0 unspecified atom stereocenters. The molecule has 0 spiro atoms. The lowest BCUT2D eigenvalue weighted by molar-refractivity contribution is -0.141. The SMILES string of the molecule is CCOC(=O)CC#Cc1ccc(OC)c(C)c1. The van der Waals surface area contributed by atoms with Crippen LogP contribution in [0.3, 0.4) is 0 Å². The van der Waals surface area contributed by atoms with Crippen LogP contribution in [0.2, 0.25) is 0 Å². The van der Waals surface area contributed by atoms with Gasteiger partial charge in [-0.15, -0.1) is 0 Å². The molecule has 0 atom stereocenters. The first-order chi connectivity index (χ1) is 8.17. The smallest absolute Gasteiger partial charge is 0.317 e. The molecule has 0 amide bonds. The Kier molecular flexibility index (Phi) is 5.09. The predicted octanol–water partition coefficient (Wildman–Crippen LogP) is 2.31. The molecule has 0 saturated carbocycles. The Bertz CT molecular complexity index is 452. The van der Waals surface area contributed by atoms with E-state index in [0.29, 0.717) is 6.61 Å². The summed E-state index contributed by atoms with van der Waals surface area (Å²) in [6.45, 7) is 4.12. The average molecular weight is 232 g/mol. The van der Waals surface area contributed by atoms with Crippen molar-refractivity contribution in [3.8, 4) is 17.6 Å². The molecule has 1 aromatic carbocycles. The molecule has 0 radical (unpaired) electrons. The minimum atomic E-state index is -0.287. The predicted molar refractivity (Wildman–Crippen MR) is 65.9 cm³/mol. The molecule has 0 saturated heterocycles. The Hall–Kier alpha value is -1.95. The average Bonchev–Trinajstić information content (AvgIpc) is 2.29. The molecule has 17 heavy (non-hydrogen) atoms. The number of hydrogen-bond acceptors (Lipinski definition) is 3. The molecule has 3 nitrogen and oxygen atoms in total. The van der Waals surface area contributed by atoms with Crippen molar-refractivity contribution in [1.29, 1.82) is 0 Å². The van der Waals surface area contributed by atoms with Crippen LogP contribution in [-0.2, 0) is 9.53 Å². The van der Waals surface area contributed by atoms with Gasteiger partial charge in [-0.3, -0.25) is 4.79 Å². The molecular weight excluding hydrogens is 216 g/mol. The van der Waals surface area contributed by atoms with E-state index in [-0.39, 0.29) is 12.4 Å². The van der Waals surface area contributed by atoms with Crippen LogP contribution in [0.1, 0.15) is 24.5 Å². The van der Waals surface area contributed by atoms with E-state index in [4.69, 9.17) is 9.47 Å². The highest BCUT2D eigenvalue weighted by Gasteiger charge is 1.98. The van der Waals surface area contributed by atoms with Crippen LogP contribution in [0, 0.1) is 18.8 Å². The van der Waals surface area contributed by atoms with Crippen molar-refractivity contribution in [1.82, 2.24) is 0 Å². The number of carbonyl (C=O) groups is 1. The van der Waals surface area contributed by atoms with Crippen LogP contribution < -0.4 is 4.74 Å². The van der Waals surface area contributed by atoms with E-state index >= 15 is 0 Å². The van der Waals surface area contributed by atoms with Crippen LogP contribution in [0.15, 0.2) is 18.2 Å². The number of carbonyl (C=O) groups excluding carboxylic acids is 1. The Morgan fingerprint density at radius 3 is 2.76 bits per heavy atom. The highest BCUT2D eigenvalue weighted by atomic mass is 16.5. The van der Waals surface area contributed by atoms with E-state index in [2.05, 4.69) is 11.8 Å². The van der Waals surface area contributed by atoms with Gasteiger partial charge in [-0.1, -0.05) is 11.8 Å². The minimum absolute atomic E-state index is 0.124. The third-order valence-corrected chi connectivity index (χ3v) is 2.17. The van der Waals surface area contributed by atoms with Crippen molar-refractivity contribution < 1.29 is 14.3 Å². The molecule has 0 aliphatic rings. The van der Waals surface area contributed by atoms with E-state index in [1.807, 2.05) is 25.1 Å². The summed E-state index contributed by atoms with van der Waals surface area (Å²) in [7, 11) is 1.63. The van der Waals surface area contributed by atoms with E-state index < -0.39 is 0 Å². The minimum Gasteiger partial charge on any atom is -0.496 e. The van der Waals surface area contributed by atoms with Crippen molar-refractivity contribution in [3.63, 3.8) is 0 Å². The summed E-state index contributed by atoms with van der Waals surface area (Å²) in [4.78, 5) is 11.1. The second-order valence-electron chi connectivity index (χ2n) is 3.47. The van der Waals surface area contributed by atoms with Gasteiger partial charge in [0.25, 0.3) is 0 Å². The van der Waals surface area contributed by atoms with Crippen LogP contribution in [0.25, 0.3) is 0 Å². The molecule has 0 N–H and O–H groups in total. The van der Waals surface area contributed by atoms with Gasteiger partial charge in [0.15, 0.2) is 0 Å². The molecule has 0 heterocycles. The topological polar surface area (TPSA) is 35.5 Å². The lowest BCUT2D eigenvalue weighted by Crippen LogP contribution is -2.01. The van der Waals surface area contributed by atoms with Crippen molar-refractivity contribution >= 4 is 5.97 Å². The van der Waals surface area contributed by atoms with E-state index in [0.717, 1.165) is 16.9 Å². The van der Waals surface area contributed by atoms with Gasteiger partial charge in [0, 0.05) is 5.56 Å². The standard InChI is InChI=1S/C14H16O3/c1-4-17-14(15)7-5-6-12-8-9-13(16-3)11(2)10-12/h8-10H,4,7H2,1-3H3. The fraction of sp³-hybridized carbons (Fsp3) is 0.357. The quantitative estimate of drug-likeness (QED) is 0.592. The fourth-order valence-electron chi connectivity index (χ4n) is 1.39. The van der Waals surface area contributed by atoms with Gasteiger partial charge in [-0.05, 0) is 37.6 Å². The Morgan fingerprint density at radius 1 is 1.41 bits per heavy atom. The highest BCUT2D eigenvalue weighted by molar-refractivity contribution is 5.72. The zero-order valence-electron chi connectivity index (χ0n) is 10.4. The maximum absolute atomic E-state index is 11.1. The molecule has 1 rings (SSSR count). The zero-order chi connectivity index (χ0) is 12.7. The van der Waals surface area contributed by atoms with Gasteiger partial charge in [0.1, 0.15) is 12.2 Å². The first kappa shape index (κ1) is 13.1. The number of methoxy groups -OCH3 is 1. The molecule has 1 aromatic rings. The second-order valence-corrected chi connectivity index (χ2v) is 3.47. The monoisotopic (exact) mass is 232 g/mol. The summed E-state index contributed by atoms with van der Waals surface area (Å²) in [5, 5.41) is 0. The molecule has 0 aliphatic carbocycles. The van der Waals surface area contributed by atoms with E-state index in [9.17, 15) is 4.79 Å². The first-order valence-electron chi connectivity index (χ1n) is 5.46. The molecule has 3 heteroatoms. The number of rotatable bonds is 3. The second kappa shape index (κ2) is 6.59. The number of esters is 1. The summed E-state index contributed by atoms with van der Waals surface area (Å²) >= 11 is 0.